The van der Waals surface area contributed by atoms with Gasteiger partial charge in [-0.15, -0.1) is 8.42 Å². The monoisotopic (exact) mass is 223 g/mol. The molecule has 0 bridgehead atoms. The van der Waals surface area contributed by atoms with Crippen LogP contribution >= 0.6 is 0 Å². The smallest absolute Gasteiger partial charge is 0.417 e. The predicted octanol–water partition coefficient (Wildman–Crippen LogP) is 0.782. The third-order valence-electron chi connectivity index (χ3n) is 2.50. The minimum Gasteiger partial charge on any atom is -0.486 e. The fraction of sp³-hybridized carbons (Fsp3) is 0.875. The van der Waals surface area contributed by atoms with E-state index in [1.54, 1.807) is 0 Å². The van der Waals surface area contributed by atoms with Crippen molar-refractivity contribution in [3.63, 3.8) is 0 Å². The fourth-order valence-corrected chi connectivity index (χ4v) is 2.73. The molecule has 0 radical (unpaired) electrons. The highest BCUT2D eigenvalue weighted by atomic mass is 32.2. The first-order chi connectivity index (χ1) is 6.49. The summed E-state index contributed by atoms with van der Waals surface area (Å²) < 4.78 is 31.5. The molecule has 0 fully saturated rings. The second-order valence-corrected chi connectivity index (χ2v) is 4.78. The molecule has 0 heterocycles. The van der Waals surface area contributed by atoms with Crippen LogP contribution in [0.15, 0.2) is 4.40 Å². The van der Waals surface area contributed by atoms with Crippen LogP contribution in [-0.4, -0.2) is 45.5 Å². The third kappa shape index (κ3) is 2.45. The number of hydrogen-bond acceptors (Lipinski definition) is 3. The summed E-state index contributed by atoms with van der Waals surface area (Å²) in [4.78, 5) is 0. The molecule has 0 saturated carbocycles. The van der Waals surface area contributed by atoms with Gasteiger partial charge in [-0.1, -0.05) is 4.40 Å². The van der Waals surface area contributed by atoms with Gasteiger partial charge in [0.2, 0.25) is 0 Å². The molecule has 5 nitrogen and oxygen atoms in total. The molecule has 14 heavy (non-hydrogen) atoms. The fourth-order valence-electron chi connectivity index (χ4n) is 1.36. The number of methoxy groups -OCH3 is 1. The zero-order valence-corrected chi connectivity index (χ0v) is 10.0. The Hall–Kier alpha value is -0.620. The first-order valence-corrected chi connectivity index (χ1v) is 6.07. The number of nitrogens with zero attached hydrogens (tertiary/aromatic N) is 2. The molecule has 0 aliphatic carbocycles. The van der Waals surface area contributed by atoms with E-state index in [-0.39, 0.29) is 3.89 Å². The first-order valence-electron chi connectivity index (χ1n) is 4.67. The van der Waals surface area contributed by atoms with E-state index in [9.17, 15) is 8.42 Å². The number of hydrogen-bond donors (Lipinski definition) is 0. The van der Waals surface area contributed by atoms with Crippen LogP contribution in [-0.2, 0) is 14.9 Å². The number of quaternary nitrogens is 1. The van der Waals surface area contributed by atoms with Crippen LogP contribution < -0.4 is 0 Å². The third-order valence-corrected chi connectivity index (χ3v) is 4.61. The molecule has 0 amide bonds. The highest BCUT2D eigenvalue weighted by Gasteiger charge is 2.36. The molecule has 0 saturated heterocycles. The van der Waals surface area contributed by atoms with E-state index in [0.717, 1.165) is 6.40 Å². The molecule has 0 aromatic rings. The zero-order chi connectivity index (χ0) is 11.2. The van der Waals surface area contributed by atoms with E-state index in [4.69, 9.17) is 0 Å². The van der Waals surface area contributed by atoms with Crippen molar-refractivity contribution in [2.45, 2.75) is 20.8 Å². The average molecular weight is 223 g/mol. The van der Waals surface area contributed by atoms with Crippen LogP contribution in [0.25, 0.3) is 0 Å². The molecule has 0 N–H and O–H groups in total. The van der Waals surface area contributed by atoms with Crippen molar-refractivity contribution in [2.75, 3.05) is 26.7 Å². The molecular formula is C8H19N2O3S+. The highest BCUT2D eigenvalue weighted by Crippen LogP contribution is 2.15. The molecule has 0 unspecified atom stereocenters. The summed E-state index contributed by atoms with van der Waals surface area (Å²) >= 11 is 0. The standard InChI is InChI=1S/C8H19N2O3S/c1-5-10(6-2,7-3)14(11,12)9-8-13-4/h8H,5-7H2,1-4H3/q+1. The summed E-state index contributed by atoms with van der Waals surface area (Å²) in [6.45, 7) is 7.05. The van der Waals surface area contributed by atoms with Crippen LogP contribution in [0.4, 0.5) is 0 Å². The van der Waals surface area contributed by atoms with E-state index in [1.807, 2.05) is 20.8 Å². The van der Waals surface area contributed by atoms with E-state index in [1.165, 1.54) is 7.11 Å². The van der Waals surface area contributed by atoms with E-state index < -0.39 is 10.2 Å². The Morgan fingerprint density at radius 2 is 1.64 bits per heavy atom. The van der Waals surface area contributed by atoms with Crippen molar-refractivity contribution in [1.82, 2.24) is 0 Å². The van der Waals surface area contributed by atoms with Crippen LogP contribution in [0.2, 0.25) is 0 Å². The lowest BCUT2D eigenvalue weighted by Crippen LogP contribution is -2.51. The van der Waals surface area contributed by atoms with Crippen LogP contribution in [0.1, 0.15) is 20.8 Å². The molecule has 0 rings (SSSR count). The Morgan fingerprint density at radius 3 is 1.93 bits per heavy atom. The minimum atomic E-state index is -3.51. The largest absolute Gasteiger partial charge is 0.486 e. The molecule has 0 atom stereocenters. The molecular weight excluding hydrogens is 204 g/mol. The Bertz CT molecular complexity index is 273. The summed E-state index contributed by atoms with van der Waals surface area (Å²) in [5.41, 5.74) is 0. The normalized spacial score (nSPS) is 13.4. The highest BCUT2D eigenvalue weighted by molar-refractivity contribution is 7.84. The Morgan fingerprint density at radius 1 is 1.21 bits per heavy atom. The quantitative estimate of drug-likeness (QED) is 0.380. The van der Waals surface area contributed by atoms with Gasteiger partial charge in [-0.05, 0) is 20.8 Å². The van der Waals surface area contributed by atoms with Gasteiger partial charge >= 0.3 is 10.2 Å². The lowest BCUT2D eigenvalue weighted by atomic mass is 10.5. The summed E-state index contributed by atoms with van der Waals surface area (Å²) in [6.07, 6.45) is 0.962. The van der Waals surface area contributed by atoms with Crippen molar-refractivity contribution in [1.29, 1.82) is 0 Å². The van der Waals surface area contributed by atoms with Crippen molar-refractivity contribution < 1.29 is 17.0 Å². The first kappa shape index (κ1) is 13.4. The molecule has 0 aromatic carbocycles. The van der Waals surface area contributed by atoms with Gasteiger partial charge in [0.25, 0.3) is 0 Å². The molecule has 6 heteroatoms. The van der Waals surface area contributed by atoms with Gasteiger partial charge in [0, 0.05) is 0 Å². The average Bonchev–Trinajstić information content (AvgIpc) is 2.18. The van der Waals surface area contributed by atoms with Crippen molar-refractivity contribution in [2.24, 2.45) is 4.40 Å². The van der Waals surface area contributed by atoms with E-state index in [2.05, 4.69) is 9.13 Å². The van der Waals surface area contributed by atoms with Gasteiger partial charge in [-0.3, -0.25) is 0 Å². The Balaban J connectivity index is 5.10. The second kappa shape index (κ2) is 5.31. The van der Waals surface area contributed by atoms with Crippen molar-refractivity contribution in [3.05, 3.63) is 0 Å². The van der Waals surface area contributed by atoms with Crippen LogP contribution in [0.3, 0.4) is 0 Å². The minimum absolute atomic E-state index is 0.0349. The van der Waals surface area contributed by atoms with Gasteiger partial charge < -0.3 is 4.74 Å². The molecule has 0 aliphatic rings. The topological polar surface area (TPSA) is 55.7 Å². The van der Waals surface area contributed by atoms with Crippen LogP contribution in [0.5, 0.6) is 0 Å². The van der Waals surface area contributed by atoms with Crippen molar-refractivity contribution in [3.8, 4) is 0 Å². The maximum Gasteiger partial charge on any atom is 0.417 e. The summed E-state index contributed by atoms with van der Waals surface area (Å²) in [6, 6.07) is 0. The SMILES string of the molecule is CC[N+](CC)(CC)S(=O)(=O)N=COC. The molecule has 0 aliphatic heterocycles. The lowest BCUT2D eigenvalue weighted by Gasteiger charge is -2.30. The van der Waals surface area contributed by atoms with E-state index in [0.29, 0.717) is 19.6 Å². The van der Waals surface area contributed by atoms with Gasteiger partial charge in [-0.2, -0.15) is 3.89 Å². The summed E-state index contributed by atoms with van der Waals surface area (Å²) in [7, 11) is -2.14. The Labute approximate surface area is 86.2 Å². The van der Waals surface area contributed by atoms with Gasteiger partial charge in [0.1, 0.15) is 0 Å². The maximum absolute atomic E-state index is 11.8. The maximum atomic E-state index is 11.8. The van der Waals surface area contributed by atoms with Gasteiger partial charge in [-0.25, -0.2) is 0 Å². The number of ether oxygens (including phenoxy) is 1. The molecule has 84 valence electrons. The van der Waals surface area contributed by atoms with E-state index >= 15 is 0 Å². The molecule has 0 spiro atoms. The van der Waals surface area contributed by atoms with Gasteiger partial charge in [0.05, 0.1) is 26.7 Å². The van der Waals surface area contributed by atoms with Gasteiger partial charge in [0.15, 0.2) is 6.40 Å². The second-order valence-electron chi connectivity index (χ2n) is 2.90. The summed E-state index contributed by atoms with van der Waals surface area (Å²) in [5, 5.41) is 0. The lowest BCUT2D eigenvalue weighted by molar-refractivity contribution is -0.800. The number of rotatable bonds is 6. The predicted molar refractivity (Wildman–Crippen MR) is 56.3 cm³/mol. The molecule has 0 aromatic heterocycles. The zero-order valence-electron chi connectivity index (χ0n) is 9.23. The van der Waals surface area contributed by atoms with Crippen molar-refractivity contribution >= 4 is 16.6 Å². The van der Waals surface area contributed by atoms with Crippen LogP contribution in [0, 0.1) is 0 Å². The Kier molecular flexibility index (Phi) is 5.07. The summed E-state index contributed by atoms with van der Waals surface area (Å²) in [5.74, 6) is 0.